The monoisotopic (exact) mass is 260 g/mol. The molecule has 0 saturated carbocycles. The molecule has 0 bridgehead atoms. The quantitative estimate of drug-likeness (QED) is 0.330. The van der Waals surface area contributed by atoms with E-state index in [1.807, 2.05) is 0 Å². The second kappa shape index (κ2) is 8.82. The molecule has 0 heterocycles. The summed E-state index contributed by atoms with van der Waals surface area (Å²) in [5, 5.41) is 0. The number of halogens is 1. The minimum absolute atomic E-state index is 0.409. The van der Waals surface area contributed by atoms with Gasteiger partial charge >= 0.3 is 0 Å². The molecule has 0 amide bonds. The van der Waals surface area contributed by atoms with Gasteiger partial charge in [0.1, 0.15) is 7.85 Å². The van der Waals surface area contributed by atoms with Gasteiger partial charge in [-0.2, -0.15) is 0 Å². The average Bonchev–Trinajstić information content (AvgIpc) is 2.11. The summed E-state index contributed by atoms with van der Waals surface area (Å²) >= 11 is 3.83. The van der Waals surface area contributed by atoms with E-state index in [0.29, 0.717) is 4.22 Å². The highest BCUT2D eigenvalue weighted by atomic mass is 79.9. The fourth-order valence-electron chi connectivity index (χ4n) is 1.92. The van der Waals surface area contributed by atoms with Crippen molar-refractivity contribution in [2.75, 3.05) is 0 Å². The van der Waals surface area contributed by atoms with Crippen LogP contribution in [0.3, 0.4) is 0 Å². The molecule has 2 heteroatoms. The lowest BCUT2D eigenvalue weighted by Gasteiger charge is -2.21. The fraction of sp³-hybridized carbons (Fsp3) is 1.00. The van der Waals surface area contributed by atoms with E-state index in [-0.39, 0.29) is 0 Å². The molecule has 1 atom stereocenters. The van der Waals surface area contributed by atoms with E-state index in [9.17, 15) is 0 Å². The molecule has 0 rings (SSSR count). The number of unbranched alkanes of at least 4 members (excludes halogenated alkanes) is 5. The SMILES string of the molecule is BC(Br)(CCC)CCCCCCCC. The average molecular weight is 261 g/mol. The first-order valence-electron chi connectivity index (χ1n) is 6.31. The Morgan fingerprint density at radius 2 is 1.43 bits per heavy atom. The van der Waals surface area contributed by atoms with E-state index in [2.05, 4.69) is 37.6 Å². The zero-order valence-corrected chi connectivity index (χ0v) is 11.8. The van der Waals surface area contributed by atoms with Crippen LogP contribution < -0.4 is 0 Å². The molecule has 0 aromatic heterocycles. The Kier molecular flexibility index (Phi) is 9.16. The van der Waals surface area contributed by atoms with Crippen molar-refractivity contribution in [1.29, 1.82) is 0 Å². The van der Waals surface area contributed by atoms with Gasteiger partial charge in [-0.05, 0) is 17.1 Å². The van der Waals surface area contributed by atoms with Gasteiger partial charge in [-0.25, -0.2) is 0 Å². The summed E-state index contributed by atoms with van der Waals surface area (Å²) in [7, 11) is 2.34. The second-order valence-electron chi connectivity index (χ2n) is 4.68. The largest absolute Gasteiger partial charge is 0.123 e. The van der Waals surface area contributed by atoms with E-state index in [4.69, 9.17) is 0 Å². The van der Waals surface area contributed by atoms with Gasteiger partial charge in [0, 0.05) is 0 Å². The number of hydrogen-bond donors (Lipinski definition) is 0. The van der Waals surface area contributed by atoms with Gasteiger partial charge in [0.15, 0.2) is 0 Å². The van der Waals surface area contributed by atoms with Crippen molar-refractivity contribution in [2.24, 2.45) is 0 Å². The highest BCUT2D eigenvalue weighted by Crippen LogP contribution is 2.26. The molecule has 0 radical (unpaired) electrons. The Labute approximate surface area is 99.8 Å². The summed E-state index contributed by atoms with van der Waals surface area (Å²) in [6, 6.07) is 0. The molecule has 14 heavy (non-hydrogen) atoms. The van der Waals surface area contributed by atoms with Gasteiger partial charge in [-0.1, -0.05) is 74.7 Å². The van der Waals surface area contributed by atoms with E-state index in [0.717, 1.165) is 0 Å². The molecule has 0 aromatic rings. The van der Waals surface area contributed by atoms with Gasteiger partial charge in [0.2, 0.25) is 0 Å². The Hall–Kier alpha value is 0.545. The van der Waals surface area contributed by atoms with Crippen LogP contribution in [-0.4, -0.2) is 12.1 Å². The van der Waals surface area contributed by atoms with Crippen LogP contribution in [0.25, 0.3) is 0 Å². The van der Waals surface area contributed by atoms with E-state index < -0.39 is 0 Å². The topological polar surface area (TPSA) is 0 Å². The standard InChI is InChI=1S/C12H26BBr/c1-3-5-6-7-8-9-11-12(13,14)10-4-2/h3-11,13H2,1-2H3. The first kappa shape index (κ1) is 14.5. The molecule has 0 aromatic carbocycles. The van der Waals surface area contributed by atoms with Crippen molar-refractivity contribution >= 4 is 23.8 Å². The Morgan fingerprint density at radius 3 is 2.00 bits per heavy atom. The third-order valence-corrected chi connectivity index (χ3v) is 3.62. The summed E-state index contributed by atoms with van der Waals surface area (Å²) in [4.78, 5) is 0. The van der Waals surface area contributed by atoms with Crippen LogP contribution in [0.2, 0.25) is 0 Å². The van der Waals surface area contributed by atoms with Crippen molar-refractivity contribution in [3.63, 3.8) is 0 Å². The molecular weight excluding hydrogens is 235 g/mol. The lowest BCUT2D eigenvalue weighted by atomic mass is 9.79. The molecule has 0 aliphatic carbocycles. The number of alkyl halides is 1. The molecule has 0 aliphatic rings. The molecule has 84 valence electrons. The molecule has 0 saturated heterocycles. The van der Waals surface area contributed by atoms with Crippen molar-refractivity contribution in [1.82, 2.24) is 0 Å². The normalized spacial score (nSPS) is 15.4. The summed E-state index contributed by atoms with van der Waals surface area (Å²) in [6.45, 7) is 4.54. The molecular formula is C12H26BBr. The highest BCUT2D eigenvalue weighted by Gasteiger charge is 2.17. The van der Waals surface area contributed by atoms with Gasteiger partial charge in [-0.15, -0.1) is 0 Å². The molecule has 0 nitrogen and oxygen atoms in total. The lowest BCUT2D eigenvalue weighted by Crippen LogP contribution is -2.20. The van der Waals surface area contributed by atoms with Gasteiger partial charge in [0.25, 0.3) is 0 Å². The van der Waals surface area contributed by atoms with Crippen molar-refractivity contribution in [2.45, 2.75) is 75.9 Å². The van der Waals surface area contributed by atoms with E-state index in [1.165, 1.54) is 57.8 Å². The maximum Gasteiger partial charge on any atom is 0.123 e. The molecule has 0 N–H and O–H groups in total. The fourth-order valence-corrected chi connectivity index (χ4v) is 2.60. The Bertz CT molecular complexity index is 123. The predicted molar refractivity (Wildman–Crippen MR) is 73.1 cm³/mol. The minimum atomic E-state index is 0.409. The van der Waals surface area contributed by atoms with Gasteiger partial charge in [0.05, 0.1) is 0 Å². The number of rotatable bonds is 9. The first-order chi connectivity index (χ1) is 6.62. The summed E-state index contributed by atoms with van der Waals surface area (Å²) in [6.07, 6.45) is 12.4. The zero-order chi connectivity index (χ0) is 10.9. The molecule has 0 fully saturated rings. The van der Waals surface area contributed by atoms with Crippen molar-refractivity contribution in [3.8, 4) is 0 Å². The zero-order valence-electron chi connectivity index (χ0n) is 10.2. The van der Waals surface area contributed by atoms with Crippen LogP contribution >= 0.6 is 15.9 Å². The smallest absolute Gasteiger partial charge is 0.0952 e. The first-order valence-corrected chi connectivity index (χ1v) is 7.10. The Morgan fingerprint density at radius 1 is 0.857 bits per heavy atom. The van der Waals surface area contributed by atoms with Crippen LogP contribution in [0, 0.1) is 0 Å². The Balaban J connectivity index is 3.26. The van der Waals surface area contributed by atoms with Crippen LogP contribution in [0.4, 0.5) is 0 Å². The van der Waals surface area contributed by atoms with E-state index in [1.54, 1.807) is 0 Å². The van der Waals surface area contributed by atoms with Gasteiger partial charge < -0.3 is 0 Å². The lowest BCUT2D eigenvalue weighted by molar-refractivity contribution is 0.552. The molecule has 0 aliphatic heterocycles. The predicted octanol–water partition coefficient (Wildman–Crippen LogP) is 4.26. The highest BCUT2D eigenvalue weighted by molar-refractivity contribution is 9.10. The second-order valence-corrected chi connectivity index (χ2v) is 6.60. The number of hydrogen-bond acceptors (Lipinski definition) is 0. The molecule has 0 spiro atoms. The van der Waals surface area contributed by atoms with E-state index >= 15 is 0 Å². The van der Waals surface area contributed by atoms with Crippen molar-refractivity contribution < 1.29 is 0 Å². The van der Waals surface area contributed by atoms with Crippen LogP contribution in [0.15, 0.2) is 0 Å². The third kappa shape index (κ3) is 9.11. The van der Waals surface area contributed by atoms with Crippen LogP contribution in [-0.2, 0) is 0 Å². The summed E-state index contributed by atoms with van der Waals surface area (Å²) in [5.41, 5.74) is 0. The maximum atomic E-state index is 3.83. The minimum Gasteiger partial charge on any atom is -0.0952 e. The summed E-state index contributed by atoms with van der Waals surface area (Å²) in [5.74, 6) is 0. The third-order valence-electron chi connectivity index (χ3n) is 2.82. The van der Waals surface area contributed by atoms with Crippen molar-refractivity contribution in [3.05, 3.63) is 0 Å². The van der Waals surface area contributed by atoms with Crippen LogP contribution in [0.1, 0.15) is 71.6 Å². The maximum absolute atomic E-state index is 3.83. The van der Waals surface area contributed by atoms with Crippen LogP contribution in [0.5, 0.6) is 0 Å². The summed E-state index contributed by atoms with van der Waals surface area (Å²) < 4.78 is 0.409. The van der Waals surface area contributed by atoms with Gasteiger partial charge in [-0.3, -0.25) is 0 Å². The molecule has 1 unspecified atom stereocenters.